The summed E-state index contributed by atoms with van der Waals surface area (Å²) in [4.78, 5) is 0. The fourth-order valence-corrected chi connectivity index (χ4v) is 8.80. The van der Waals surface area contributed by atoms with E-state index in [2.05, 4.69) is 162 Å². The molecule has 0 N–H and O–H groups in total. The van der Waals surface area contributed by atoms with E-state index in [1.165, 1.54) is 75.2 Å². The second kappa shape index (κ2) is 9.97. The van der Waals surface area contributed by atoms with Gasteiger partial charge in [-0.1, -0.05) is 121 Å². The van der Waals surface area contributed by atoms with Gasteiger partial charge in [0.1, 0.15) is 11.5 Å². The zero-order chi connectivity index (χ0) is 30.2. The quantitative estimate of drug-likeness (QED) is 0.184. The van der Waals surface area contributed by atoms with Crippen molar-refractivity contribution in [1.82, 2.24) is 4.57 Å². The number of ether oxygens (including phenoxy) is 1. The van der Waals surface area contributed by atoms with Crippen LogP contribution in [-0.2, 0) is 0 Å². The van der Waals surface area contributed by atoms with E-state index in [4.69, 9.17) is 4.74 Å². The van der Waals surface area contributed by atoms with E-state index in [1.807, 2.05) is 11.3 Å². The second-order valence-electron chi connectivity index (χ2n) is 12.0. The molecular weight excluding hydrogens is 577 g/mol. The fraction of sp³-hybridized carbons (Fsp3) is 0. The molecule has 0 radical (unpaired) electrons. The minimum Gasteiger partial charge on any atom is -0.458 e. The van der Waals surface area contributed by atoms with Crippen molar-refractivity contribution in [1.29, 1.82) is 0 Å². The van der Waals surface area contributed by atoms with Crippen LogP contribution < -0.4 is 21.1 Å². The van der Waals surface area contributed by atoms with Crippen LogP contribution in [0.15, 0.2) is 158 Å². The summed E-state index contributed by atoms with van der Waals surface area (Å²) in [6.45, 7) is -0.0161. The van der Waals surface area contributed by atoms with Gasteiger partial charge in [0.2, 0.25) is 0 Å². The van der Waals surface area contributed by atoms with Crippen LogP contribution in [0.3, 0.4) is 0 Å². The third-order valence-corrected chi connectivity index (χ3v) is 10.8. The summed E-state index contributed by atoms with van der Waals surface area (Å²) < 4.78 is 11.6. The number of benzene rings is 7. The molecule has 214 valence electrons. The maximum Gasteiger partial charge on any atom is 0.253 e. The van der Waals surface area contributed by atoms with Crippen molar-refractivity contribution in [3.63, 3.8) is 0 Å². The van der Waals surface area contributed by atoms with Gasteiger partial charge in [-0.2, -0.15) is 0 Å². The number of thiophene rings is 1. The van der Waals surface area contributed by atoms with Crippen LogP contribution in [0.25, 0.3) is 58.8 Å². The Balaban J connectivity index is 1.32. The largest absolute Gasteiger partial charge is 0.458 e. The predicted octanol–water partition coefficient (Wildman–Crippen LogP) is 9.44. The topological polar surface area (TPSA) is 14.2 Å². The molecule has 0 saturated carbocycles. The van der Waals surface area contributed by atoms with Crippen molar-refractivity contribution in [2.75, 3.05) is 0 Å². The molecule has 0 spiro atoms. The molecular formula is C42H26BNOS. The predicted molar refractivity (Wildman–Crippen MR) is 197 cm³/mol. The molecule has 10 rings (SSSR count). The molecule has 3 heterocycles. The third kappa shape index (κ3) is 3.71. The highest BCUT2D eigenvalue weighted by atomic mass is 32.1. The lowest BCUT2D eigenvalue weighted by atomic mass is 9.35. The number of para-hydroxylation sites is 4. The van der Waals surface area contributed by atoms with Gasteiger partial charge < -0.3 is 9.30 Å². The van der Waals surface area contributed by atoms with E-state index >= 15 is 0 Å². The van der Waals surface area contributed by atoms with Crippen LogP contribution in [0.1, 0.15) is 0 Å². The van der Waals surface area contributed by atoms with Crippen LogP contribution in [0, 0.1) is 0 Å². The monoisotopic (exact) mass is 603 g/mol. The van der Waals surface area contributed by atoms with Gasteiger partial charge >= 0.3 is 0 Å². The minimum absolute atomic E-state index is 0.0161. The summed E-state index contributed by atoms with van der Waals surface area (Å²) in [5.74, 6) is 1.83. The molecule has 4 heteroatoms. The molecule has 2 nitrogen and oxygen atoms in total. The van der Waals surface area contributed by atoms with E-state index in [9.17, 15) is 0 Å². The second-order valence-corrected chi connectivity index (χ2v) is 13.1. The van der Waals surface area contributed by atoms with Gasteiger partial charge in [0.15, 0.2) is 0 Å². The molecule has 2 aromatic heterocycles. The summed E-state index contributed by atoms with van der Waals surface area (Å²) in [5, 5.41) is 5.15. The lowest BCUT2D eigenvalue weighted by Crippen LogP contribution is -2.55. The lowest BCUT2D eigenvalue weighted by molar-refractivity contribution is 0.487. The van der Waals surface area contributed by atoms with E-state index in [1.54, 1.807) is 0 Å². The number of hydrogen-bond donors (Lipinski definition) is 0. The Labute approximate surface area is 270 Å². The Kier molecular flexibility index (Phi) is 5.57. The maximum atomic E-state index is 6.50. The number of hydrogen-bond acceptors (Lipinski definition) is 2. The molecule has 0 unspecified atom stereocenters. The first-order valence-electron chi connectivity index (χ1n) is 15.7. The molecule has 9 aromatic rings. The van der Waals surface area contributed by atoms with Gasteiger partial charge in [0, 0.05) is 36.6 Å². The van der Waals surface area contributed by atoms with E-state index in [0.29, 0.717) is 0 Å². The standard InChI is InChI=1S/C42H26BNOS/c1-6-19-36-29(12-1)30-13-2-7-20-37(30)44(36)38-25-24-27(28-15-11-16-32-31-14-3-10-23-41(31)46-42(28)32)26-35(38)43-33-17-4-8-21-39(33)45-40-22-9-5-18-34(40)43/h1-26H. The molecule has 46 heavy (non-hydrogen) atoms. The van der Waals surface area contributed by atoms with Gasteiger partial charge in [0.25, 0.3) is 6.71 Å². The first-order valence-corrected chi connectivity index (χ1v) is 16.5. The first kappa shape index (κ1) is 25.7. The van der Waals surface area contributed by atoms with Gasteiger partial charge in [-0.3, -0.25) is 0 Å². The molecule has 0 fully saturated rings. The van der Waals surface area contributed by atoms with Crippen LogP contribution in [0.4, 0.5) is 0 Å². The summed E-state index contributed by atoms with van der Waals surface area (Å²) in [6.07, 6.45) is 0. The summed E-state index contributed by atoms with van der Waals surface area (Å²) in [6, 6.07) is 57.2. The van der Waals surface area contributed by atoms with Crippen LogP contribution in [-0.4, -0.2) is 11.3 Å². The Morgan fingerprint density at radius 3 is 1.78 bits per heavy atom. The first-order chi connectivity index (χ1) is 22.8. The van der Waals surface area contributed by atoms with Crippen molar-refractivity contribution in [2.24, 2.45) is 0 Å². The molecule has 0 aliphatic carbocycles. The van der Waals surface area contributed by atoms with Crippen molar-refractivity contribution in [2.45, 2.75) is 0 Å². The minimum atomic E-state index is -0.0161. The maximum absolute atomic E-state index is 6.50. The molecule has 7 aromatic carbocycles. The van der Waals surface area contributed by atoms with Crippen LogP contribution in [0.5, 0.6) is 11.5 Å². The Morgan fingerprint density at radius 2 is 1.07 bits per heavy atom. The fourth-order valence-electron chi connectivity index (χ4n) is 7.56. The number of aromatic nitrogens is 1. The van der Waals surface area contributed by atoms with E-state index in [0.717, 1.165) is 11.5 Å². The lowest BCUT2D eigenvalue weighted by Gasteiger charge is -2.28. The molecule has 0 atom stereocenters. The normalized spacial score (nSPS) is 12.5. The van der Waals surface area contributed by atoms with E-state index in [-0.39, 0.29) is 6.71 Å². The van der Waals surface area contributed by atoms with Gasteiger partial charge in [-0.05, 0) is 63.9 Å². The zero-order valence-corrected chi connectivity index (χ0v) is 25.7. The average molecular weight is 604 g/mol. The summed E-state index contributed by atoms with van der Waals surface area (Å²) in [7, 11) is 0. The van der Waals surface area contributed by atoms with Gasteiger partial charge in [0.05, 0.1) is 11.0 Å². The number of rotatable bonds is 3. The highest BCUT2D eigenvalue weighted by Crippen LogP contribution is 2.40. The van der Waals surface area contributed by atoms with Crippen molar-refractivity contribution >= 4 is 76.4 Å². The van der Waals surface area contributed by atoms with Crippen LogP contribution in [0.2, 0.25) is 0 Å². The molecule has 1 aliphatic rings. The SMILES string of the molecule is c1ccc2c(c1)Oc1ccccc1B2c1cc(-c2cccc3c2sc2ccccc23)ccc1-n1c2ccccc2c2ccccc21. The smallest absolute Gasteiger partial charge is 0.253 e. The number of nitrogens with zero attached hydrogens (tertiary/aromatic N) is 1. The highest BCUT2D eigenvalue weighted by Gasteiger charge is 2.34. The summed E-state index contributed by atoms with van der Waals surface area (Å²) in [5.41, 5.74) is 9.70. The average Bonchev–Trinajstić information content (AvgIpc) is 3.66. The van der Waals surface area contributed by atoms with Crippen LogP contribution >= 0.6 is 11.3 Å². The Bertz CT molecular complexity index is 2550. The molecule has 1 aliphatic heterocycles. The van der Waals surface area contributed by atoms with Gasteiger partial charge in [-0.15, -0.1) is 11.3 Å². The Hall–Kier alpha value is -5.58. The highest BCUT2D eigenvalue weighted by molar-refractivity contribution is 7.26. The van der Waals surface area contributed by atoms with Crippen molar-refractivity contribution in [3.05, 3.63) is 158 Å². The Morgan fingerprint density at radius 1 is 0.478 bits per heavy atom. The molecule has 0 amide bonds. The zero-order valence-electron chi connectivity index (χ0n) is 24.9. The van der Waals surface area contributed by atoms with Crippen molar-refractivity contribution < 1.29 is 4.74 Å². The number of fused-ring (bicyclic) bond motifs is 8. The van der Waals surface area contributed by atoms with Crippen molar-refractivity contribution in [3.8, 4) is 28.3 Å². The molecule has 0 saturated heterocycles. The molecule has 0 bridgehead atoms. The summed E-state index contributed by atoms with van der Waals surface area (Å²) >= 11 is 1.88. The van der Waals surface area contributed by atoms with Gasteiger partial charge in [-0.25, -0.2) is 0 Å². The van der Waals surface area contributed by atoms with E-state index < -0.39 is 0 Å². The third-order valence-electron chi connectivity index (χ3n) is 9.55.